The van der Waals surface area contributed by atoms with Crippen LogP contribution in [0.3, 0.4) is 0 Å². The molecule has 3 rings (SSSR count). The SMILES string of the molecule is CN=C(NCCCC(=O)N1Cc2ccccc2C1)NC1CCS(=O)(=O)C1. The Morgan fingerprint density at radius 1 is 1.27 bits per heavy atom. The molecule has 1 aromatic carbocycles. The van der Waals surface area contributed by atoms with Crippen LogP contribution in [0.4, 0.5) is 0 Å². The Bertz CT molecular complexity index is 766. The molecule has 26 heavy (non-hydrogen) atoms. The van der Waals surface area contributed by atoms with Crippen molar-refractivity contribution in [3.8, 4) is 0 Å². The number of hydrogen-bond acceptors (Lipinski definition) is 4. The number of hydrogen-bond donors (Lipinski definition) is 2. The molecule has 2 N–H and O–H groups in total. The van der Waals surface area contributed by atoms with Gasteiger partial charge in [-0.15, -0.1) is 0 Å². The average Bonchev–Trinajstić information content (AvgIpc) is 3.20. The first-order valence-electron chi connectivity index (χ1n) is 8.99. The van der Waals surface area contributed by atoms with E-state index in [-0.39, 0.29) is 23.5 Å². The van der Waals surface area contributed by atoms with Crippen LogP contribution in [0.1, 0.15) is 30.4 Å². The molecule has 8 heteroatoms. The van der Waals surface area contributed by atoms with Gasteiger partial charge in [0.25, 0.3) is 0 Å². The Morgan fingerprint density at radius 2 is 1.96 bits per heavy atom. The van der Waals surface area contributed by atoms with E-state index in [0.29, 0.717) is 44.9 Å². The van der Waals surface area contributed by atoms with Crippen molar-refractivity contribution in [2.24, 2.45) is 4.99 Å². The van der Waals surface area contributed by atoms with Crippen molar-refractivity contribution in [2.75, 3.05) is 25.1 Å². The van der Waals surface area contributed by atoms with Crippen molar-refractivity contribution in [3.63, 3.8) is 0 Å². The molecule has 0 aromatic heterocycles. The van der Waals surface area contributed by atoms with Gasteiger partial charge in [0, 0.05) is 39.1 Å². The lowest BCUT2D eigenvalue weighted by atomic mass is 10.1. The van der Waals surface area contributed by atoms with Gasteiger partial charge in [0.1, 0.15) is 0 Å². The fourth-order valence-corrected chi connectivity index (χ4v) is 5.08. The number of nitrogens with one attached hydrogen (secondary N) is 2. The number of fused-ring (bicyclic) bond motifs is 1. The van der Waals surface area contributed by atoms with Crippen molar-refractivity contribution in [2.45, 2.75) is 38.4 Å². The van der Waals surface area contributed by atoms with Crippen LogP contribution in [0.2, 0.25) is 0 Å². The molecule has 1 amide bonds. The summed E-state index contributed by atoms with van der Waals surface area (Å²) in [4.78, 5) is 18.4. The molecule has 2 aliphatic rings. The number of benzene rings is 1. The number of rotatable bonds is 5. The Labute approximate surface area is 154 Å². The molecule has 2 heterocycles. The van der Waals surface area contributed by atoms with Gasteiger partial charge in [0.2, 0.25) is 5.91 Å². The molecule has 1 saturated heterocycles. The van der Waals surface area contributed by atoms with Crippen molar-refractivity contribution < 1.29 is 13.2 Å². The predicted octanol–water partition coefficient (Wildman–Crippen LogP) is 0.661. The molecule has 1 aromatic rings. The molecule has 0 radical (unpaired) electrons. The molecular formula is C18H26N4O3S. The van der Waals surface area contributed by atoms with E-state index >= 15 is 0 Å². The summed E-state index contributed by atoms with van der Waals surface area (Å²) in [6.07, 6.45) is 1.79. The van der Waals surface area contributed by atoms with Gasteiger partial charge in [-0.05, 0) is 24.0 Å². The Balaban J connectivity index is 1.36. The summed E-state index contributed by atoms with van der Waals surface area (Å²) >= 11 is 0. The van der Waals surface area contributed by atoms with Crippen molar-refractivity contribution >= 4 is 21.7 Å². The maximum Gasteiger partial charge on any atom is 0.223 e. The van der Waals surface area contributed by atoms with E-state index in [9.17, 15) is 13.2 Å². The fourth-order valence-electron chi connectivity index (χ4n) is 3.41. The second-order valence-electron chi connectivity index (χ2n) is 6.87. The highest BCUT2D eigenvalue weighted by molar-refractivity contribution is 7.91. The normalized spacial score (nSPS) is 21.5. The van der Waals surface area contributed by atoms with Crippen LogP contribution in [0.5, 0.6) is 0 Å². The zero-order valence-corrected chi connectivity index (χ0v) is 15.9. The molecular weight excluding hydrogens is 352 g/mol. The molecule has 1 fully saturated rings. The number of nitrogens with zero attached hydrogens (tertiary/aromatic N) is 2. The molecule has 1 atom stereocenters. The largest absolute Gasteiger partial charge is 0.356 e. The standard InChI is InChI=1S/C18H26N4O3S/c1-19-18(21-16-8-10-26(24,25)13-16)20-9-4-7-17(23)22-11-14-5-2-3-6-15(14)12-22/h2-3,5-6,16H,4,7-13H2,1H3,(H2,19,20,21). The van der Waals surface area contributed by atoms with Crippen molar-refractivity contribution in [1.82, 2.24) is 15.5 Å². The van der Waals surface area contributed by atoms with Crippen molar-refractivity contribution in [1.29, 1.82) is 0 Å². The number of aliphatic imine (C=N–C) groups is 1. The minimum atomic E-state index is -2.91. The van der Waals surface area contributed by atoms with Crippen LogP contribution in [0.25, 0.3) is 0 Å². The van der Waals surface area contributed by atoms with Gasteiger partial charge in [0.05, 0.1) is 11.5 Å². The minimum Gasteiger partial charge on any atom is -0.356 e. The monoisotopic (exact) mass is 378 g/mol. The second kappa shape index (κ2) is 8.07. The van der Waals surface area contributed by atoms with E-state index in [1.54, 1.807) is 7.05 Å². The van der Waals surface area contributed by atoms with E-state index in [1.165, 1.54) is 11.1 Å². The highest BCUT2D eigenvalue weighted by atomic mass is 32.2. The summed E-state index contributed by atoms with van der Waals surface area (Å²) in [5.41, 5.74) is 2.46. The van der Waals surface area contributed by atoms with Gasteiger partial charge in [-0.2, -0.15) is 0 Å². The first-order chi connectivity index (χ1) is 12.5. The van der Waals surface area contributed by atoms with Gasteiger partial charge in [-0.25, -0.2) is 8.42 Å². The van der Waals surface area contributed by atoms with E-state index < -0.39 is 9.84 Å². The fraction of sp³-hybridized carbons (Fsp3) is 0.556. The lowest BCUT2D eigenvalue weighted by Gasteiger charge is -2.17. The molecule has 0 spiro atoms. The first kappa shape index (κ1) is 18.7. The van der Waals surface area contributed by atoms with Gasteiger partial charge in [0.15, 0.2) is 15.8 Å². The highest BCUT2D eigenvalue weighted by Crippen LogP contribution is 2.22. The Morgan fingerprint density at radius 3 is 2.54 bits per heavy atom. The van der Waals surface area contributed by atoms with Crippen LogP contribution < -0.4 is 10.6 Å². The summed E-state index contributed by atoms with van der Waals surface area (Å²) in [6.45, 7) is 2.01. The maximum absolute atomic E-state index is 12.4. The van der Waals surface area contributed by atoms with Crippen LogP contribution >= 0.6 is 0 Å². The molecule has 0 aliphatic carbocycles. The zero-order chi connectivity index (χ0) is 18.6. The lowest BCUT2D eigenvalue weighted by molar-refractivity contribution is -0.131. The number of guanidine groups is 1. The summed E-state index contributed by atoms with van der Waals surface area (Å²) in [6, 6.07) is 8.07. The maximum atomic E-state index is 12.4. The average molecular weight is 378 g/mol. The molecule has 7 nitrogen and oxygen atoms in total. The number of carbonyl (C=O) groups is 1. The summed E-state index contributed by atoms with van der Waals surface area (Å²) in [5.74, 6) is 1.14. The molecule has 1 unspecified atom stereocenters. The number of sulfone groups is 1. The third kappa shape index (κ3) is 4.75. The molecule has 142 valence electrons. The third-order valence-corrected chi connectivity index (χ3v) is 6.62. The van der Waals surface area contributed by atoms with Gasteiger partial charge >= 0.3 is 0 Å². The van der Waals surface area contributed by atoms with E-state index in [2.05, 4.69) is 27.8 Å². The molecule has 0 saturated carbocycles. The van der Waals surface area contributed by atoms with E-state index in [1.807, 2.05) is 17.0 Å². The van der Waals surface area contributed by atoms with Crippen LogP contribution in [-0.2, 0) is 27.7 Å². The highest BCUT2D eigenvalue weighted by Gasteiger charge is 2.28. The number of carbonyl (C=O) groups excluding carboxylic acids is 1. The van der Waals surface area contributed by atoms with Crippen molar-refractivity contribution in [3.05, 3.63) is 35.4 Å². The summed E-state index contributed by atoms with van der Waals surface area (Å²) < 4.78 is 23.0. The minimum absolute atomic E-state index is 0.0871. The van der Waals surface area contributed by atoms with Crippen LogP contribution in [0.15, 0.2) is 29.3 Å². The van der Waals surface area contributed by atoms with E-state index in [0.717, 1.165) is 0 Å². The zero-order valence-electron chi connectivity index (χ0n) is 15.1. The second-order valence-corrected chi connectivity index (χ2v) is 9.09. The molecule has 0 bridgehead atoms. The van der Waals surface area contributed by atoms with Gasteiger partial charge in [-0.3, -0.25) is 9.79 Å². The summed E-state index contributed by atoms with van der Waals surface area (Å²) in [7, 11) is -1.26. The smallest absolute Gasteiger partial charge is 0.223 e. The summed E-state index contributed by atoms with van der Waals surface area (Å²) in [5, 5.41) is 6.30. The first-order valence-corrected chi connectivity index (χ1v) is 10.8. The molecule has 2 aliphatic heterocycles. The van der Waals surface area contributed by atoms with Gasteiger partial charge in [-0.1, -0.05) is 24.3 Å². The Hall–Kier alpha value is -2.09. The Kier molecular flexibility index (Phi) is 5.80. The van der Waals surface area contributed by atoms with Crippen LogP contribution in [-0.4, -0.2) is 56.3 Å². The lowest BCUT2D eigenvalue weighted by Crippen LogP contribution is -2.44. The van der Waals surface area contributed by atoms with Gasteiger partial charge < -0.3 is 15.5 Å². The topological polar surface area (TPSA) is 90.9 Å². The van der Waals surface area contributed by atoms with E-state index in [4.69, 9.17) is 0 Å². The third-order valence-electron chi connectivity index (χ3n) is 4.85. The van der Waals surface area contributed by atoms with Crippen LogP contribution in [0, 0.1) is 0 Å². The quantitative estimate of drug-likeness (QED) is 0.446. The predicted molar refractivity (Wildman–Crippen MR) is 101 cm³/mol. The number of amides is 1.